The normalized spacial score (nSPS) is 10.7. The number of nitrogens with zero attached hydrogens (tertiary/aromatic N) is 2. The lowest BCUT2D eigenvalue weighted by molar-refractivity contribution is 0.0981. The lowest BCUT2D eigenvalue weighted by Gasteiger charge is -1.95. The molecule has 1 aromatic heterocycles. The Balaban J connectivity index is 2.27. The van der Waals surface area contributed by atoms with Gasteiger partial charge >= 0.3 is 0 Å². The predicted molar refractivity (Wildman–Crippen MR) is 51.9 cm³/mol. The summed E-state index contributed by atoms with van der Waals surface area (Å²) in [7, 11) is 1.89. The maximum absolute atomic E-state index is 5.27. The lowest BCUT2D eigenvalue weighted by Crippen LogP contribution is -2.11. The van der Waals surface area contributed by atoms with Crippen LogP contribution in [0.15, 0.2) is 4.52 Å². The summed E-state index contributed by atoms with van der Waals surface area (Å²) in [6.07, 6.45) is 1.79. The summed E-state index contributed by atoms with van der Waals surface area (Å²) in [6, 6.07) is 0. The highest BCUT2D eigenvalue weighted by Crippen LogP contribution is 2.00. The molecule has 0 atom stereocenters. The van der Waals surface area contributed by atoms with E-state index in [1.807, 2.05) is 7.05 Å². The van der Waals surface area contributed by atoms with Crippen molar-refractivity contribution in [2.24, 2.45) is 0 Å². The van der Waals surface area contributed by atoms with E-state index in [-0.39, 0.29) is 0 Å². The Hall–Kier alpha value is -0.940. The molecule has 0 unspecified atom stereocenters. The van der Waals surface area contributed by atoms with Crippen LogP contribution < -0.4 is 5.32 Å². The first-order valence-corrected chi connectivity index (χ1v) is 4.90. The fourth-order valence-electron chi connectivity index (χ4n) is 0.991. The molecule has 1 heterocycles. The van der Waals surface area contributed by atoms with E-state index >= 15 is 0 Å². The smallest absolute Gasteiger partial charge is 0.252 e. The molecule has 0 aromatic carbocycles. The van der Waals surface area contributed by atoms with Crippen LogP contribution in [0.2, 0.25) is 0 Å². The van der Waals surface area contributed by atoms with Crippen LogP contribution >= 0.6 is 0 Å². The summed E-state index contributed by atoms with van der Waals surface area (Å²) in [5.74, 6) is 1.29. The highest BCUT2D eigenvalue weighted by atomic mass is 16.5. The van der Waals surface area contributed by atoms with E-state index in [4.69, 9.17) is 9.26 Å². The molecular weight excluding hydrogens is 182 g/mol. The zero-order valence-corrected chi connectivity index (χ0v) is 8.75. The van der Waals surface area contributed by atoms with Gasteiger partial charge in [-0.15, -0.1) is 0 Å². The summed E-state index contributed by atoms with van der Waals surface area (Å²) in [5, 5.41) is 6.85. The van der Waals surface area contributed by atoms with Crippen molar-refractivity contribution in [1.82, 2.24) is 15.5 Å². The minimum absolute atomic E-state index is 0.417. The van der Waals surface area contributed by atoms with Gasteiger partial charge in [-0.1, -0.05) is 12.1 Å². The van der Waals surface area contributed by atoms with Gasteiger partial charge in [0.25, 0.3) is 5.89 Å². The molecule has 0 fully saturated rings. The third-order valence-corrected chi connectivity index (χ3v) is 1.68. The van der Waals surface area contributed by atoms with Gasteiger partial charge in [-0.2, -0.15) is 4.98 Å². The molecule has 1 rings (SSSR count). The SMILES string of the molecule is CCCOCc1nc(CCNC)no1. The van der Waals surface area contributed by atoms with Crippen LogP contribution in [0.25, 0.3) is 0 Å². The Labute approximate surface area is 83.8 Å². The second kappa shape index (κ2) is 6.50. The minimum Gasteiger partial charge on any atom is -0.372 e. The summed E-state index contributed by atoms with van der Waals surface area (Å²) in [4.78, 5) is 4.18. The zero-order valence-electron chi connectivity index (χ0n) is 8.75. The van der Waals surface area contributed by atoms with Crippen LogP contribution in [-0.2, 0) is 17.8 Å². The molecule has 0 saturated heterocycles. The fourth-order valence-corrected chi connectivity index (χ4v) is 0.991. The first kappa shape index (κ1) is 11.1. The van der Waals surface area contributed by atoms with Crippen molar-refractivity contribution in [1.29, 1.82) is 0 Å². The standard InChI is InChI=1S/C9H17N3O2/c1-3-6-13-7-9-11-8(12-14-9)4-5-10-2/h10H,3-7H2,1-2H3. The van der Waals surface area contributed by atoms with E-state index in [1.54, 1.807) is 0 Å². The number of ether oxygens (including phenoxy) is 1. The van der Waals surface area contributed by atoms with Gasteiger partial charge in [0.2, 0.25) is 0 Å². The van der Waals surface area contributed by atoms with E-state index < -0.39 is 0 Å². The predicted octanol–water partition coefficient (Wildman–Crippen LogP) is 0.758. The van der Waals surface area contributed by atoms with Gasteiger partial charge in [-0.3, -0.25) is 0 Å². The molecule has 0 saturated carbocycles. The molecule has 5 heteroatoms. The molecule has 1 aromatic rings. The zero-order chi connectivity index (χ0) is 10.2. The quantitative estimate of drug-likeness (QED) is 0.657. The highest BCUT2D eigenvalue weighted by Gasteiger charge is 2.04. The Morgan fingerprint density at radius 2 is 2.36 bits per heavy atom. The van der Waals surface area contributed by atoms with Crippen LogP contribution in [-0.4, -0.2) is 30.3 Å². The largest absolute Gasteiger partial charge is 0.372 e. The Morgan fingerprint density at radius 3 is 3.07 bits per heavy atom. The molecule has 0 amide bonds. The third-order valence-electron chi connectivity index (χ3n) is 1.68. The molecule has 0 aliphatic rings. The van der Waals surface area contributed by atoms with E-state index in [9.17, 15) is 0 Å². The molecule has 14 heavy (non-hydrogen) atoms. The maximum Gasteiger partial charge on any atom is 0.252 e. The monoisotopic (exact) mass is 199 g/mol. The number of hydrogen-bond donors (Lipinski definition) is 1. The van der Waals surface area contributed by atoms with Crippen LogP contribution in [0.1, 0.15) is 25.1 Å². The Morgan fingerprint density at radius 1 is 1.50 bits per heavy atom. The van der Waals surface area contributed by atoms with Crippen molar-refractivity contribution in [2.75, 3.05) is 20.2 Å². The van der Waals surface area contributed by atoms with Gasteiger partial charge in [0.05, 0.1) is 0 Å². The first-order chi connectivity index (χ1) is 6.86. The van der Waals surface area contributed by atoms with Crippen molar-refractivity contribution in [3.8, 4) is 0 Å². The average Bonchev–Trinajstić information content (AvgIpc) is 2.63. The van der Waals surface area contributed by atoms with Crippen LogP contribution in [0.4, 0.5) is 0 Å². The van der Waals surface area contributed by atoms with Gasteiger partial charge in [-0.05, 0) is 13.5 Å². The molecule has 0 aliphatic heterocycles. The molecule has 0 spiro atoms. The lowest BCUT2D eigenvalue weighted by atomic mass is 10.4. The van der Waals surface area contributed by atoms with E-state index in [1.165, 1.54) is 0 Å². The average molecular weight is 199 g/mol. The third kappa shape index (κ3) is 3.85. The van der Waals surface area contributed by atoms with E-state index in [0.29, 0.717) is 12.5 Å². The second-order valence-electron chi connectivity index (χ2n) is 3.01. The molecular formula is C9H17N3O2. The first-order valence-electron chi connectivity index (χ1n) is 4.90. The summed E-state index contributed by atoms with van der Waals surface area (Å²) in [6.45, 7) is 4.07. The van der Waals surface area contributed by atoms with Crippen molar-refractivity contribution >= 4 is 0 Å². The number of rotatable bonds is 7. The van der Waals surface area contributed by atoms with Gasteiger partial charge in [0.15, 0.2) is 5.82 Å². The summed E-state index contributed by atoms with van der Waals surface area (Å²) >= 11 is 0. The number of aromatic nitrogens is 2. The number of nitrogens with one attached hydrogen (secondary N) is 1. The summed E-state index contributed by atoms with van der Waals surface area (Å²) < 4.78 is 10.3. The molecule has 80 valence electrons. The fraction of sp³-hybridized carbons (Fsp3) is 0.778. The molecule has 0 bridgehead atoms. The van der Waals surface area contributed by atoms with Gasteiger partial charge in [0.1, 0.15) is 6.61 Å². The summed E-state index contributed by atoms with van der Waals surface area (Å²) in [5.41, 5.74) is 0. The second-order valence-corrected chi connectivity index (χ2v) is 3.01. The van der Waals surface area contributed by atoms with Gasteiger partial charge in [-0.25, -0.2) is 0 Å². The van der Waals surface area contributed by atoms with Crippen LogP contribution in [0.3, 0.4) is 0 Å². The van der Waals surface area contributed by atoms with Crippen molar-refractivity contribution in [2.45, 2.75) is 26.4 Å². The minimum atomic E-state index is 0.417. The van der Waals surface area contributed by atoms with Crippen molar-refractivity contribution in [3.63, 3.8) is 0 Å². The van der Waals surface area contributed by atoms with E-state index in [2.05, 4.69) is 22.4 Å². The van der Waals surface area contributed by atoms with Gasteiger partial charge in [0, 0.05) is 19.6 Å². The van der Waals surface area contributed by atoms with Crippen LogP contribution in [0.5, 0.6) is 0 Å². The number of hydrogen-bond acceptors (Lipinski definition) is 5. The Bertz CT molecular complexity index is 250. The molecule has 0 radical (unpaired) electrons. The molecule has 1 N–H and O–H groups in total. The Kier molecular flexibility index (Phi) is 5.17. The van der Waals surface area contributed by atoms with Crippen molar-refractivity contribution < 1.29 is 9.26 Å². The maximum atomic E-state index is 5.27. The van der Waals surface area contributed by atoms with Crippen molar-refractivity contribution in [3.05, 3.63) is 11.7 Å². The molecule has 5 nitrogen and oxygen atoms in total. The van der Waals surface area contributed by atoms with Crippen LogP contribution in [0, 0.1) is 0 Å². The molecule has 0 aliphatic carbocycles. The topological polar surface area (TPSA) is 60.2 Å². The van der Waals surface area contributed by atoms with E-state index in [0.717, 1.165) is 31.8 Å². The highest BCUT2D eigenvalue weighted by molar-refractivity contribution is 4.85. The number of likely N-dealkylation sites (N-methyl/N-ethyl adjacent to an activating group) is 1. The van der Waals surface area contributed by atoms with Gasteiger partial charge < -0.3 is 14.6 Å².